The van der Waals surface area contributed by atoms with E-state index in [1.807, 2.05) is 37.3 Å². The Labute approximate surface area is 198 Å². The zero-order valence-corrected chi connectivity index (χ0v) is 19.4. The molecule has 1 heterocycles. The Balaban J connectivity index is 1.57. The summed E-state index contributed by atoms with van der Waals surface area (Å²) in [7, 11) is -4.17. The van der Waals surface area contributed by atoms with Crippen molar-refractivity contribution in [1.29, 1.82) is 0 Å². The molecule has 0 aliphatic carbocycles. The number of sulfonamides is 1. The second-order valence-electron chi connectivity index (χ2n) is 7.91. The van der Waals surface area contributed by atoms with Gasteiger partial charge < -0.3 is 14.8 Å². The van der Waals surface area contributed by atoms with Crippen molar-refractivity contribution in [3.8, 4) is 11.5 Å². The second kappa shape index (κ2) is 10.1. The quantitative estimate of drug-likeness (QED) is 0.527. The summed E-state index contributed by atoms with van der Waals surface area (Å²) in [6.07, 6.45) is 0. The Morgan fingerprint density at radius 3 is 2.38 bits per heavy atom. The normalized spacial score (nSPS) is 13.7. The number of anilines is 1. The second-order valence-corrected chi connectivity index (χ2v) is 9.77. The molecule has 0 spiro atoms. The van der Waals surface area contributed by atoms with Crippen LogP contribution in [-0.2, 0) is 14.8 Å². The minimum absolute atomic E-state index is 0.0406. The number of amides is 1. The van der Waals surface area contributed by atoms with Gasteiger partial charge in [0.25, 0.3) is 10.0 Å². The molecule has 34 heavy (non-hydrogen) atoms. The summed E-state index contributed by atoms with van der Waals surface area (Å²) < 4.78 is 52.6. The molecular formula is C25H25FN2O5S. The molecule has 4 rings (SSSR count). The molecule has 3 aromatic carbocycles. The number of carbonyl (C=O) groups is 1. The zero-order valence-electron chi connectivity index (χ0n) is 18.6. The van der Waals surface area contributed by atoms with Crippen molar-refractivity contribution in [2.24, 2.45) is 0 Å². The fourth-order valence-corrected chi connectivity index (χ4v) is 5.02. The predicted molar refractivity (Wildman–Crippen MR) is 126 cm³/mol. The highest BCUT2D eigenvalue weighted by molar-refractivity contribution is 7.92. The SMILES string of the molecule is C[C@@H](CNC(=O)CN(c1ccc(F)cc1)S(=O)(=O)c1ccc2c(c1)OCCO2)c1ccccc1. The van der Waals surface area contributed by atoms with Gasteiger partial charge in [0.1, 0.15) is 25.6 Å². The zero-order chi connectivity index (χ0) is 24.1. The van der Waals surface area contributed by atoms with Crippen molar-refractivity contribution in [1.82, 2.24) is 5.32 Å². The Morgan fingerprint density at radius 1 is 1.00 bits per heavy atom. The lowest BCUT2D eigenvalue weighted by Crippen LogP contribution is -2.41. The third kappa shape index (κ3) is 5.31. The van der Waals surface area contributed by atoms with Gasteiger partial charge in [-0.15, -0.1) is 0 Å². The molecule has 1 amide bonds. The molecule has 7 nitrogen and oxygen atoms in total. The van der Waals surface area contributed by atoms with E-state index in [-0.39, 0.29) is 16.5 Å². The van der Waals surface area contributed by atoms with Crippen LogP contribution in [0, 0.1) is 5.82 Å². The topological polar surface area (TPSA) is 84.9 Å². The highest BCUT2D eigenvalue weighted by Crippen LogP contribution is 2.34. The summed E-state index contributed by atoms with van der Waals surface area (Å²) in [6.45, 7) is 2.52. The van der Waals surface area contributed by atoms with Crippen molar-refractivity contribution < 1.29 is 27.1 Å². The summed E-state index contributed by atoms with van der Waals surface area (Å²) in [5.74, 6) is -0.188. The van der Waals surface area contributed by atoms with Crippen LogP contribution < -0.4 is 19.1 Å². The van der Waals surface area contributed by atoms with E-state index in [1.165, 1.54) is 30.3 Å². The van der Waals surface area contributed by atoms with E-state index in [9.17, 15) is 17.6 Å². The molecule has 1 atom stereocenters. The van der Waals surface area contributed by atoms with E-state index >= 15 is 0 Å². The molecule has 0 aromatic heterocycles. The minimum Gasteiger partial charge on any atom is -0.486 e. The van der Waals surface area contributed by atoms with Gasteiger partial charge in [0.05, 0.1) is 10.6 Å². The van der Waals surface area contributed by atoms with Gasteiger partial charge in [-0.25, -0.2) is 12.8 Å². The van der Waals surface area contributed by atoms with Crippen LogP contribution >= 0.6 is 0 Å². The summed E-state index contributed by atoms with van der Waals surface area (Å²) in [4.78, 5) is 12.7. The van der Waals surface area contributed by atoms with Crippen molar-refractivity contribution in [2.75, 3.05) is 30.6 Å². The van der Waals surface area contributed by atoms with E-state index in [2.05, 4.69) is 5.32 Å². The summed E-state index contributed by atoms with van der Waals surface area (Å²) in [5.41, 5.74) is 1.23. The first-order chi connectivity index (χ1) is 16.3. The lowest BCUT2D eigenvalue weighted by Gasteiger charge is -2.25. The average molecular weight is 485 g/mol. The number of ether oxygens (including phenoxy) is 2. The Bertz CT molecular complexity index is 1250. The lowest BCUT2D eigenvalue weighted by atomic mass is 10.0. The van der Waals surface area contributed by atoms with Gasteiger partial charge in [0.2, 0.25) is 5.91 Å². The van der Waals surface area contributed by atoms with Gasteiger partial charge in [-0.2, -0.15) is 0 Å². The third-order valence-electron chi connectivity index (χ3n) is 5.48. The largest absolute Gasteiger partial charge is 0.486 e. The number of halogens is 1. The molecule has 0 saturated heterocycles. The van der Waals surface area contributed by atoms with Gasteiger partial charge in [-0.05, 0) is 47.9 Å². The van der Waals surface area contributed by atoms with Crippen molar-refractivity contribution in [3.05, 3.63) is 84.2 Å². The first kappa shape index (κ1) is 23.6. The molecule has 1 aliphatic heterocycles. The number of benzene rings is 3. The number of nitrogens with zero attached hydrogens (tertiary/aromatic N) is 1. The summed E-state index contributed by atoms with van der Waals surface area (Å²) in [5, 5.41) is 2.80. The van der Waals surface area contributed by atoms with Crippen LogP contribution in [0.25, 0.3) is 0 Å². The molecule has 1 aliphatic rings. The molecule has 3 aromatic rings. The average Bonchev–Trinajstić information content (AvgIpc) is 2.86. The lowest BCUT2D eigenvalue weighted by molar-refractivity contribution is -0.119. The Kier molecular flexibility index (Phi) is 7.02. The van der Waals surface area contributed by atoms with Gasteiger partial charge in [-0.1, -0.05) is 37.3 Å². The van der Waals surface area contributed by atoms with Crippen molar-refractivity contribution in [2.45, 2.75) is 17.7 Å². The summed E-state index contributed by atoms with van der Waals surface area (Å²) >= 11 is 0. The van der Waals surface area contributed by atoms with E-state index in [4.69, 9.17) is 9.47 Å². The smallest absolute Gasteiger partial charge is 0.264 e. The predicted octanol–water partition coefficient (Wildman–Crippen LogP) is 3.71. The van der Waals surface area contributed by atoms with Crippen LogP contribution in [-0.4, -0.2) is 40.6 Å². The first-order valence-electron chi connectivity index (χ1n) is 10.8. The van der Waals surface area contributed by atoms with Crippen LogP contribution in [0.4, 0.5) is 10.1 Å². The maximum atomic E-state index is 13.6. The van der Waals surface area contributed by atoms with E-state index in [0.29, 0.717) is 31.3 Å². The molecule has 0 fully saturated rings. The van der Waals surface area contributed by atoms with Gasteiger partial charge in [0.15, 0.2) is 11.5 Å². The standard InChI is InChI=1S/C25H25FN2O5S/c1-18(19-5-3-2-4-6-19)16-27-25(29)17-28(21-9-7-20(26)8-10-21)34(30,31)22-11-12-23-24(15-22)33-14-13-32-23/h2-12,15,18H,13-14,16-17H2,1H3,(H,27,29)/t18-/m0/s1. The fraction of sp³-hybridized carbons (Fsp3) is 0.240. The molecule has 9 heteroatoms. The monoisotopic (exact) mass is 484 g/mol. The van der Waals surface area contributed by atoms with Crippen LogP contribution in [0.1, 0.15) is 18.4 Å². The Hall–Kier alpha value is -3.59. The Morgan fingerprint density at radius 2 is 1.68 bits per heavy atom. The van der Waals surface area contributed by atoms with E-state index < -0.39 is 28.3 Å². The number of rotatable bonds is 8. The van der Waals surface area contributed by atoms with E-state index in [0.717, 1.165) is 22.0 Å². The number of fused-ring (bicyclic) bond motifs is 1. The molecule has 178 valence electrons. The van der Waals surface area contributed by atoms with Gasteiger partial charge in [-0.3, -0.25) is 9.10 Å². The number of nitrogens with one attached hydrogen (secondary N) is 1. The molecule has 0 saturated carbocycles. The fourth-order valence-electron chi connectivity index (χ4n) is 3.59. The number of hydrogen-bond donors (Lipinski definition) is 1. The van der Waals surface area contributed by atoms with Crippen LogP contribution in [0.5, 0.6) is 11.5 Å². The van der Waals surface area contributed by atoms with Gasteiger partial charge in [0, 0.05) is 12.6 Å². The maximum absolute atomic E-state index is 13.6. The molecule has 0 unspecified atom stereocenters. The molecule has 0 radical (unpaired) electrons. The van der Waals surface area contributed by atoms with E-state index in [1.54, 1.807) is 0 Å². The first-order valence-corrected chi connectivity index (χ1v) is 12.3. The maximum Gasteiger partial charge on any atom is 0.264 e. The molecular weight excluding hydrogens is 459 g/mol. The molecule has 0 bridgehead atoms. The number of carbonyl (C=O) groups excluding carboxylic acids is 1. The van der Waals surface area contributed by atoms with Gasteiger partial charge >= 0.3 is 0 Å². The summed E-state index contributed by atoms with van der Waals surface area (Å²) in [6, 6.07) is 18.9. The molecule has 1 N–H and O–H groups in total. The van der Waals surface area contributed by atoms with Crippen LogP contribution in [0.3, 0.4) is 0 Å². The van der Waals surface area contributed by atoms with Crippen molar-refractivity contribution in [3.63, 3.8) is 0 Å². The highest BCUT2D eigenvalue weighted by Gasteiger charge is 2.29. The van der Waals surface area contributed by atoms with Crippen molar-refractivity contribution >= 4 is 21.6 Å². The highest BCUT2D eigenvalue weighted by atomic mass is 32.2. The third-order valence-corrected chi connectivity index (χ3v) is 7.25. The van der Waals surface area contributed by atoms with Crippen LogP contribution in [0.15, 0.2) is 77.7 Å². The van der Waals surface area contributed by atoms with Crippen LogP contribution in [0.2, 0.25) is 0 Å². The number of hydrogen-bond acceptors (Lipinski definition) is 5. The minimum atomic E-state index is -4.17.